The molecular formula is C11H16BrN3O. The van der Waals surface area contributed by atoms with Gasteiger partial charge in [-0.05, 0) is 35.7 Å². The van der Waals surface area contributed by atoms with E-state index < -0.39 is 0 Å². The average Bonchev–Trinajstić information content (AvgIpc) is 2.80. The maximum absolute atomic E-state index is 5.62. The molecule has 2 heterocycles. The van der Waals surface area contributed by atoms with Crippen LogP contribution in [0.25, 0.3) is 0 Å². The first-order valence-electron chi connectivity index (χ1n) is 5.63. The van der Waals surface area contributed by atoms with Gasteiger partial charge in [0.2, 0.25) is 5.95 Å². The van der Waals surface area contributed by atoms with Gasteiger partial charge in [-0.15, -0.1) is 0 Å². The topological polar surface area (TPSA) is 38.2 Å². The van der Waals surface area contributed by atoms with Crippen LogP contribution in [0.3, 0.4) is 0 Å². The van der Waals surface area contributed by atoms with Crippen LogP contribution in [-0.2, 0) is 4.74 Å². The molecule has 1 aliphatic heterocycles. The zero-order valence-electron chi connectivity index (χ0n) is 9.40. The molecule has 1 fully saturated rings. The van der Waals surface area contributed by atoms with E-state index in [0.29, 0.717) is 6.10 Å². The predicted octanol–water partition coefficient (Wildman–Crippen LogP) is 2.24. The van der Waals surface area contributed by atoms with Crippen molar-refractivity contribution >= 4 is 21.9 Å². The highest BCUT2D eigenvalue weighted by molar-refractivity contribution is 9.10. The summed E-state index contributed by atoms with van der Waals surface area (Å²) in [6.07, 6.45) is 6.21. The number of rotatable bonds is 4. The monoisotopic (exact) mass is 285 g/mol. The van der Waals surface area contributed by atoms with Crippen LogP contribution in [0.2, 0.25) is 0 Å². The molecule has 0 N–H and O–H groups in total. The Morgan fingerprint density at radius 2 is 2.25 bits per heavy atom. The largest absolute Gasteiger partial charge is 0.376 e. The van der Waals surface area contributed by atoms with Gasteiger partial charge in [-0.25, -0.2) is 9.97 Å². The molecule has 2 rings (SSSR count). The van der Waals surface area contributed by atoms with Gasteiger partial charge in [-0.1, -0.05) is 0 Å². The van der Waals surface area contributed by atoms with Gasteiger partial charge in [0, 0.05) is 32.1 Å². The van der Waals surface area contributed by atoms with E-state index in [2.05, 4.69) is 37.7 Å². The molecule has 0 radical (unpaired) electrons. The Bertz CT molecular complexity index is 325. The van der Waals surface area contributed by atoms with Gasteiger partial charge < -0.3 is 9.64 Å². The summed E-state index contributed by atoms with van der Waals surface area (Å²) >= 11 is 3.34. The number of hydrogen-bond acceptors (Lipinski definition) is 4. The van der Waals surface area contributed by atoms with Crippen molar-refractivity contribution in [1.82, 2.24) is 9.97 Å². The van der Waals surface area contributed by atoms with Crippen LogP contribution in [-0.4, -0.2) is 35.8 Å². The molecule has 4 nitrogen and oxygen atoms in total. The minimum atomic E-state index is 0.340. The van der Waals surface area contributed by atoms with Crippen LogP contribution in [0, 0.1) is 0 Å². The van der Waals surface area contributed by atoms with Crippen LogP contribution in [0.4, 0.5) is 5.95 Å². The van der Waals surface area contributed by atoms with Crippen molar-refractivity contribution in [2.24, 2.45) is 0 Å². The van der Waals surface area contributed by atoms with Crippen LogP contribution in [0.5, 0.6) is 0 Å². The fraction of sp³-hybridized carbons (Fsp3) is 0.636. The lowest BCUT2D eigenvalue weighted by Gasteiger charge is -2.23. The molecule has 0 aromatic carbocycles. The maximum Gasteiger partial charge on any atom is 0.225 e. The zero-order chi connectivity index (χ0) is 11.4. The van der Waals surface area contributed by atoms with Crippen molar-refractivity contribution in [2.45, 2.75) is 25.9 Å². The van der Waals surface area contributed by atoms with Crippen LogP contribution in [0.15, 0.2) is 16.9 Å². The first kappa shape index (κ1) is 11.8. The minimum absolute atomic E-state index is 0.340. The number of hydrogen-bond donors (Lipinski definition) is 0. The third-order valence-corrected chi connectivity index (χ3v) is 3.13. The summed E-state index contributed by atoms with van der Waals surface area (Å²) in [5.41, 5.74) is 0. The molecule has 1 unspecified atom stereocenters. The molecule has 88 valence electrons. The van der Waals surface area contributed by atoms with Crippen molar-refractivity contribution in [3.05, 3.63) is 16.9 Å². The summed E-state index contributed by atoms with van der Waals surface area (Å²) in [5.74, 6) is 0.779. The lowest BCUT2D eigenvalue weighted by Crippen LogP contribution is -2.33. The highest BCUT2D eigenvalue weighted by atomic mass is 79.9. The number of anilines is 1. The molecule has 1 aromatic rings. The van der Waals surface area contributed by atoms with Crippen molar-refractivity contribution in [2.75, 3.05) is 24.6 Å². The van der Waals surface area contributed by atoms with Crippen LogP contribution in [0.1, 0.15) is 19.8 Å². The quantitative estimate of drug-likeness (QED) is 0.851. The second-order valence-corrected chi connectivity index (χ2v) is 4.79. The zero-order valence-corrected chi connectivity index (χ0v) is 11.0. The highest BCUT2D eigenvalue weighted by Crippen LogP contribution is 2.16. The number of halogens is 1. The standard InChI is InChI=1S/C11H16BrN3O/c1-2-15(8-10-4-3-5-16-10)11-13-6-9(12)7-14-11/h6-7,10H,2-5,8H2,1H3. The minimum Gasteiger partial charge on any atom is -0.376 e. The van der Waals surface area contributed by atoms with E-state index in [9.17, 15) is 0 Å². The summed E-state index contributed by atoms with van der Waals surface area (Å²) in [7, 11) is 0. The Morgan fingerprint density at radius 1 is 1.50 bits per heavy atom. The summed E-state index contributed by atoms with van der Waals surface area (Å²) in [6, 6.07) is 0. The maximum atomic E-state index is 5.62. The number of aromatic nitrogens is 2. The van der Waals surface area contributed by atoms with Gasteiger partial charge in [0.05, 0.1) is 10.6 Å². The number of nitrogens with zero attached hydrogens (tertiary/aromatic N) is 3. The summed E-state index contributed by atoms with van der Waals surface area (Å²) in [6.45, 7) is 4.80. The molecular weight excluding hydrogens is 270 g/mol. The Kier molecular flexibility index (Phi) is 4.12. The lowest BCUT2D eigenvalue weighted by atomic mass is 10.2. The molecule has 0 spiro atoms. The van der Waals surface area contributed by atoms with Gasteiger partial charge in [-0.2, -0.15) is 0 Å². The second-order valence-electron chi connectivity index (χ2n) is 3.87. The molecule has 0 bridgehead atoms. The van der Waals surface area contributed by atoms with E-state index in [-0.39, 0.29) is 0 Å². The van der Waals surface area contributed by atoms with Gasteiger partial charge in [-0.3, -0.25) is 0 Å². The van der Waals surface area contributed by atoms with E-state index in [4.69, 9.17) is 4.74 Å². The molecule has 1 aromatic heterocycles. The van der Waals surface area contributed by atoms with E-state index >= 15 is 0 Å². The first-order chi connectivity index (χ1) is 7.79. The van der Waals surface area contributed by atoms with Gasteiger partial charge in [0.25, 0.3) is 0 Å². The third kappa shape index (κ3) is 2.92. The number of likely N-dealkylation sites (N-methyl/N-ethyl adjacent to an activating group) is 1. The SMILES string of the molecule is CCN(CC1CCCO1)c1ncc(Br)cn1. The van der Waals surface area contributed by atoms with Crippen molar-refractivity contribution in [1.29, 1.82) is 0 Å². The Labute approximate surface area is 104 Å². The Hall–Kier alpha value is -0.680. The molecule has 1 atom stereocenters. The van der Waals surface area contributed by atoms with Gasteiger partial charge in [0.1, 0.15) is 0 Å². The number of ether oxygens (including phenoxy) is 1. The first-order valence-corrected chi connectivity index (χ1v) is 6.43. The molecule has 0 amide bonds. The van der Waals surface area contributed by atoms with Gasteiger partial charge in [0.15, 0.2) is 0 Å². The highest BCUT2D eigenvalue weighted by Gasteiger charge is 2.19. The lowest BCUT2D eigenvalue weighted by molar-refractivity contribution is 0.115. The van der Waals surface area contributed by atoms with Gasteiger partial charge >= 0.3 is 0 Å². The molecule has 5 heteroatoms. The average molecular weight is 286 g/mol. The fourth-order valence-electron chi connectivity index (χ4n) is 1.86. The van der Waals surface area contributed by atoms with Crippen LogP contribution >= 0.6 is 15.9 Å². The molecule has 0 aliphatic carbocycles. The molecule has 16 heavy (non-hydrogen) atoms. The second kappa shape index (κ2) is 5.59. The summed E-state index contributed by atoms with van der Waals surface area (Å²) in [5, 5.41) is 0. The van der Waals surface area contributed by atoms with Crippen molar-refractivity contribution in [3.8, 4) is 0 Å². The van der Waals surface area contributed by atoms with Crippen molar-refractivity contribution in [3.63, 3.8) is 0 Å². The van der Waals surface area contributed by atoms with E-state index in [0.717, 1.165) is 36.5 Å². The summed E-state index contributed by atoms with van der Waals surface area (Å²) in [4.78, 5) is 10.8. The Balaban J connectivity index is 2.00. The van der Waals surface area contributed by atoms with E-state index in [1.54, 1.807) is 12.4 Å². The van der Waals surface area contributed by atoms with Crippen LogP contribution < -0.4 is 4.90 Å². The van der Waals surface area contributed by atoms with E-state index in [1.807, 2.05) is 0 Å². The predicted molar refractivity (Wildman–Crippen MR) is 66.6 cm³/mol. The third-order valence-electron chi connectivity index (χ3n) is 2.72. The summed E-state index contributed by atoms with van der Waals surface area (Å²) < 4.78 is 6.53. The van der Waals surface area contributed by atoms with Crippen molar-refractivity contribution < 1.29 is 4.74 Å². The Morgan fingerprint density at radius 3 is 2.81 bits per heavy atom. The molecule has 1 aliphatic rings. The molecule has 1 saturated heterocycles. The molecule has 0 saturated carbocycles. The fourth-order valence-corrected chi connectivity index (χ4v) is 2.06. The smallest absolute Gasteiger partial charge is 0.225 e. The van der Waals surface area contributed by atoms with E-state index in [1.165, 1.54) is 6.42 Å². The normalized spacial score (nSPS) is 20.0.